The van der Waals surface area contributed by atoms with Gasteiger partial charge in [0.1, 0.15) is 5.82 Å². The molecule has 1 aliphatic heterocycles. The second kappa shape index (κ2) is 9.35. The second-order valence-corrected chi connectivity index (χ2v) is 7.03. The van der Waals surface area contributed by atoms with E-state index in [0.717, 1.165) is 43.6 Å². The van der Waals surface area contributed by atoms with Crippen molar-refractivity contribution in [3.05, 3.63) is 59.4 Å². The van der Waals surface area contributed by atoms with E-state index in [0.29, 0.717) is 24.2 Å². The smallest absolute Gasteiger partial charge is 0.253 e. The van der Waals surface area contributed by atoms with Crippen molar-refractivity contribution in [2.24, 2.45) is 0 Å². The molecule has 0 aliphatic carbocycles. The molecule has 1 saturated heterocycles. The number of rotatable bonds is 7. The lowest BCUT2D eigenvalue weighted by Crippen LogP contribution is -2.27. The summed E-state index contributed by atoms with van der Waals surface area (Å²) in [5.74, 6) is -0.575. The predicted octanol–water partition coefficient (Wildman–Crippen LogP) is 4.09. The van der Waals surface area contributed by atoms with Gasteiger partial charge in [0.2, 0.25) is 5.91 Å². The van der Waals surface area contributed by atoms with Crippen molar-refractivity contribution in [3.63, 3.8) is 0 Å². The van der Waals surface area contributed by atoms with Crippen LogP contribution < -0.4 is 15.5 Å². The molecular weight excluding hydrogens is 357 g/mol. The van der Waals surface area contributed by atoms with Gasteiger partial charge in [0, 0.05) is 37.4 Å². The molecule has 0 bridgehead atoms. The van der Waals surface area contributed by atoms with Crippen molar-refractivity contribution in [1.29, 1.82) is 0 Å². The molecule has 2 amide bonds. The fourth-order valence-corrected chi connectivity index (χ4v) is 3.36. The minimum absolute atomic E-state index is 0.0610. The third-order valence-electron chi connectivity index (χ3n) is 4.82. The highest BCUT2D eigenvalue weighted by atomic mass is 19.1. The minimum atomic E-state index is -0.304. The van der Waals surface area contributed by atoms with Gasteiger partial charge in [0.05, 0.1) is 5.56 Å². The summed E-state index contributed by atoms with van der Waals surface area (Å²) in [5, 5.41) is 5.76. The zero-order valence-electron chi connectivity index (χ0n) is 16.1. The monoisotopic (exact) mass is 383 g/mol. The zero-order chi connectivity index (χ0) is 19.9. The molecule has 3 rings (SSSR count). The first-order valence-corrected chi connectivity index (χ1v) is 9.78. The highest BCUT2D eigenvalue weighted by molar-refractivity contribution is 6.02. The van der Waals surface area contributed by atoms with Gasteiger partial charge in [-0.05, 0) is 55.2 Å². The van der Waals surface area contributed by atoms with Gasteiger partial charge in [0.15, 0.2) is 0 Å². The standard InChI is InChI=1S/C22H26FN3O2/c1-2-5-21(27)25-18-10-11-20(26-12-3-4-13-26)19(14-18)22(28)24-15-16-6-8-17(23)9-7-16/h6-11,14H,2-5,12-13,15H2,1H3,(H,24,28)(H,25,27). The van der Waals surface area contributed by atoms with Crippen LogP contribution in [-0.4, -0.2) is 24.9 Å². The van der Waals surface area contributed by atoms with Crippen LogP contribution in [-0.2, 0) is 11.3 Å². The predicted molar refractivity (Wildman–Crippen MR) is 109 cm³/mol. The molecule has 2 N–H and O–H groups in total. The molecule has 0 atom stereocenters. The summed E-state index contributed by atoms with van der Waals surface area (Å²) in [4.78, 5) is 27.0. The van der Waals surface area contributed by atoms with E-state index >= 15 is 0 Å². The van der Waals surface area contributed by atoms with Crippen LogP contribution in [0.15, 0.2) is 42.5 Å². The molecule has 0 aromatic heterocycles. The van der Waals surface area contributed by atoms with Gasteiger partial charge in [-0.15, -0.1) is 0 Å². The fourth-order valence-electron chi connectivity index (χ4n) is 3.36. The number of benzene rings is 2. The molecule has 2 aromatic rings. The number of hydrogen-bond acceptors (Lipinski definition) is 3. The first kappa shape index (κ1) is 19.9. The largest absolute Gasteiger partial charge is 0.371 e. The summed E-state index contributed by atoms with van der Waals surface area (Å²) in [5.41, 5.74) is 2.86. The second-order valence-electron chi connectivity index (χ2n) is 7.03. The lowest BCUT2D eigenvalue weighted by atomic mass is 10.1. The molecule has 1 aliphatic rings. The number of anilines is 2. The van der Waals surface area contributed by atoms with Crippen LogP contribution in [0.1, 0.15) is 48.5 Å². The van der Waals surface area contributed by atoms with Crippen molar-refractivity contribution in [1.82, 2.24) is 5.32 Å². The van der Waals surface area contributed by atoms with Crippen LogP contribution >= 0.6 is 0 Å². The van der Waals surface area contributed by atoms with Crippen molar-refractivity contribution in [3.8, 4) is 0 Å². The maximum Gasteiger partial charge on any atom is 0.253 e. The third-order valence-corrected chi connectivity index (χ3v) is 4.82. The summed E-state index contributed by atoms with van der Waals surface area (Å²) in [6.07, 6.45) is 3.42. The van der Waals surface area contributed by atoms with Gasteiger partial charge in [-0.3, -0.25) is 9.59 Å². The van der Waals surface area contributed by atoms with Crippen LogP contribution in [0.25, 0.3) is 0 Å². The normalized spacial score (nSPS) is 13.4. The summed E-state index contributed by atoms with van der Waals surface area (Å²) < 4.78 is 13.1. The van der Waals surface area contributed by atoms with Gasteiger partial charge < -0.3 is 15.5 Å². The molecule has 0 saturated carbocycles. The molecule has 1 heterocycles. The van der Waals surface area contributed by atoms with E-state index in [-0.39, 0.29) is 17.6 Å². The number of nitrogens with one attached hydrogen (secondary N) is 2. The Bertz CT molecular complexity index is 830. The van der Waals surface area contributed by atoms with Crippen molar-refractivity contribution in [2.45, 2.75) is 39.2 Å². The fraction of sp³-hybridized carbons (Fsp3) is 0.364. The Morgan fingerprint density at radius 3 is 2.46 bits per heavy atom. The SMILES string of the molecule is CCCC(=O)Nc1ccc(N2CCCC2)c(C(=O)NCc2ccc(F)cc2)c1. The number of amides is 2. The Hall–Kier alpha value is -2.89. The van der Waals surface area contributed by atoms with Gasteiger partial charge >= 0.3 is 0 Å². The summed E-state index contributed by atoms with van der Waals surface area (Å²) in [6.45, 7) is 4.09. The first-order chi connectivity index (χ1) is 13.6. The highest BCUT2D eigenvalue weighted by Gasteiger charge is 2.20. The number of nitrogens with zero attached hydrogens (tertiary/aromatic N) is 1. The van der Waals surface area contributed by atoms with Crippen LogP contribution in [0, 0.1) is 5.82 Å². The van der Waals surface area contributed by atoms with Crippen LogP contribution in [0.2, 0.25) is 0 Å². The average Bonchev–Trinajstić information content (AvgIpc) is 3.22. The van der Waals surface area contributed by atoms with Gasteiger partial charge in [-0.1, -0.05) is 19.1 Å². The van der Waals surface area contributed by atoms with E-state index in [4.69, 9.17) is 0 Å². The zero-order valence-corrected chi connectivity index (χ0v) is 16.1. The molecule has 0 unspecified atom stereocenters. The van der Waals surface area contributed by atoms with Gasteiger partial charge in [-0.25, -0.2) is 4.39 Å². The lowest BCUT2D eigenvalue weighted by molar-refractivity contribution is -0.116. The molecular formula is C22H26FN3O2. The average molecular weight is 383 g/mol. The maximum absolute atomic E-state index is 13.1. The Balaban J connectivity index is 1.78. The highest BCUT2D eigenvalue weighted by Crippen LogP contribution is 2.28. The van der Waals surface area contributed by atoms with E-state index in [1.807, 2.05) is 19.1 Å². The number of halogens is 1. The van der Waals surface area contributed by atoms with E-state index < -0.39 is 0 Å². The Morgan fingerprint density at radius 2 is 1.79 bits per heavy atom. The Labute approximate surface area is 164 Å². The number of carbonyl (C=O) groups is 2. The summed E-state index contributed by atoms with van der Waals surface area (Å²) in [6, 6.07) is 11.5. The Kier molecular flexibility index (Phi) is 6.63. The molecule has 1 fully saturated rings. The number of hydrogen-bond donors (Lipinski definition) is 2. The van der Waals surface area contributed by atoms with Crippen molar-refractivity contribution in [2.75, 3.05) is 23.3 Å². The maximum atomic E-state index is 13.1. The van der Waals surface area contributed by atoms with Crippen molar-refractivity contribution < 1.29 is 14.0 Å². The molecule has 6 heteroatoms. The molecule has 0 spiro atoms. The van der Waals surface area contributed by atoms with E-state index in [1.165, 1.54) is 12.1 Å². The van der Waals surface area contributed by atoms with E-state index in [2.05, 4.69) is 15.5 Å². The molecule has 2 aromatic carbocycles. The third kappa shape index (κ3) is 5.09. The summed E-state index contributed by atoms with van der Waals surface area (Å²) in [7, 11) is 0. The molecule has 5 nitrogen and oxygen atoms in total. The quantitative estimate of drug-likeness (QED) is 0.757. The lowest BCUT2D eigenvalue weighted by Gasteiger charge is -2.22. The van der Waals surface area contributed by atoms with Crippen LogP contribution in [0.3, 0.4) is 0 Å². The van der Waals surface area contributed by atoms with Crippen LogP contribution in [0.4, 0.5) is 15.8 Å². The molecule has 28 heavy (non-hydrogen) atoms. The Morgan fingerprint density at radius 1 is 1.07 bits per heavy atom. The topological polar surface area (TPSA) is 61.4 Å². The molecule has 0 radical (unpaired) electrons. The molecule has 148 valence electrons. The van der Waals surface area contributed by atoms with Crippen LogP contribution in [0.5, 0.6) is 0 Å². The van der Waals surface area contributed by atoms with Crippen molar-refractivity contribution >= 4 is 23.2 Å². The summed E-state index contributed by atoms with van der Waals surface area (Å²) >= 11 is 0. The number of carbonyl (C=O) groups excluding carboxylic acids is 2. The van der Waals surface area contributed by atoms with E-state index in [1.54, 1.807) is 18.2 Å². The first-order valence-electron chi connectivity index (χ1n) is 9.78. The van der Waals surface area contributed by atoms with Gasteiger partial charge in [-0.2, -0.15) is 0 Å². The van der Waals surface area contributed by atoms with Gasteiger partial charge in [0.25, 0.3) is 5.91 Å². The van der Waals surface area contributed by atoms with E-state index in [9.17, 15) is 14.0 Å². The minimum Gasteiger partial charge on any atom is -0.371 e.